The number of carbonyl (C=O) groups excluding carboxylic acids is 1. The van der Waals surface area contributed by atoms with Gasteiger partial charge < -0.3 is 11.1 Å². The maximum atomic E-state index is 12.3. The van der Waals surface area contributed by atoms with Gasteiger partial charge in [-0.15, -0.1) is 0 Å². The molecule has 3 N–H and O–H groups in total. The normalized spacial score (nSPS) is 13.5. The van der Waals surface area contributed by atoms with Crippen molar-refractivity contribution in [1.29, 1.82) is 0 Å². The molecule has 0 aliphatic heterocycles. The minimum atomic E-state index is -0.234. The lowest BCUT2D eigenvalue weighted by molar-refractivity contribution is -0.122. The Hall–Kier alpha value is -2.36. The van der Waals surface area contributed by atoms with Gasteiger partial charge in [-0.2, -0.15) is 0 Å². The molecular formula is C16H19N3O. The van der Waals surface area contributed by atoms with Crippen LogP contribution in [0.15, 0.2) is 48.8 Å². The predicted molar refractivity (Wildman–Crippen MR) is 80.1 cm³/mol. The lowest BCUT2D eigenvalue weighted by Gasteiger charge is -2.18. The van der Waals surface area contributed by atoms with E-state index in [1.54, 1.807) is 12.4 Å². The molecule has 20 heavy (non-hydrogen) atoms. The van der Waals surface area contributed by atoms with Gasteiger partial charge in [0.2, 0.25) is 5.91 Å². The number of amides is 1. The number of carbonyl (C=O) groups is 1. The van der Waals surface area contributed by atoms with Crippen LogP contribution in [0.5, 0.6) is 0 Å². The fourth-order valence-corrected chi connectivity index (χ4v) is 2.05. The van der Waals surface area contributed by atoms with E-state index in [1.165, 1.54) is 0 Å². The molecular weight excluding hydrogens is 250 g/mol. The summed E-state index contributed by atoms with van der Waals surface area (Å²) in [5, 5.41) is 3.01. The third-order valence-electron chi connectivity index (χ3n) is 3.37. The zero-order valence-corrected chi connectivity index (χ0v) is 11.7. The molecule has 2 rings (SSSR count). The number of hydrogen-bond donors (Lipinski definition) is 2. The SMILES string of the molecule is CC(NC(=O)C(C)c1cccc(N)c1)c1ccncc1. The van der Waals surface area contributed by atoms with Crippen LogP contribution in [0.1, 0.15) is 36.9 Å². The van der Waals surface area contributed by atoms with Crippen LogP contribution >= 0.6 is 0 Å². The number of nitrogens with one attached hydrogen (secondary N) is 1. The molecule has 0 spiro atoms. The van der Waals surface area contributed by atoms with E-state index in [9.17, 15) is 4.79 Å². The van der Waals surface area contributed by atoms with Crippen molar-refractivity contribution in [3.63, 3.8) is 0 Å². The third kappa shape index (κ3) is 3.35. The van der Waals surface area contributed by atoms with E-state index in [2.05, 4.69) is 10.3 Å². The van der Waals surface area contributed by atoms with Crippen LogP contribution in [0.25, 0.3) is 0 Å². The second-order valence-corrected chi connectivity index (χ2v) is 4.90. The number of nitrogens with two attached hydrogens (primary N) is 1. The minimum Gasteiger partial charge on any atom is -0.399 e. The number of nitrogen functional groups attached to an aromatic ring is 1. The summed E-state index contributed by atoms with van der Waals surface area (Å²) in [5.74, 6) is -0.248. The van der Waals surface area contributed by atoms with Crippen molar-refractivity contribution in [3.05, 3.63) is 59.9 Å². The molecule has 2 aromatic rings. The molecule has 0 radical (unpaired) electrons. The highest BCUT2D eigenvalue weighted by Crippen LogP contribution is 2.19. The summed E-state index contributed by atoms with van der Waals surface area (Å²) in [6.07, 6.45) is 3.44. The van der Waals surface area contributed by atoms with E-state index in [4.69, 9.17) is 5.73 Å². The number of pyridine rings is 1. The fraction of sp³-hybridized carbons (Fsp3) is 0.250. The Kier molecular flexibility index (Phi) is 4.35. The molecule has 0 saturated heterocycles. The molecule has 1 heterocycles. The molecule has 1 aromatic carbocycles. The van der Waals surface area contributed by atoms with Gasteiger partial charge in [0.25, 0.3) is 0 Å². The minimum absolute atomic E-state index is 0.0140. The van der Waals surface area contributed by atoms with Crippen LogP contribution < -0.4 is 11.1 Å². The topological polar surface area (TPSA) is 68.0 Å². The van der Waals surface area contributed by atoms with E-state index in [0.29, 0.717) is 5.69 Å². The quantitative estimate of drug-likeness (QED) is 0.838. The predicted octanol–water partition coefficient (Wildman–Crippen LogP) is 2.64. The Morgan fingerprint density at radius 2 is 1.85 bits per heavy atom. The monoisotopic (exact) mass is 269 g/mol. The summed E-state index contributed by atoms with van der Waals surface area (Å²) in [7, 11) is 0. The fourth-order valence-electron chi connectivity index (χ4n) is 2.05. The van der Waals surface area contributed by atoms with Crippen molar-refractivity contribution in [2.75, 3.05) is 5.73 Å². The first-order valence-corrected chi connectivity index (χ1v) is 6.63. The molecule has 4 heteroatoms. The highest BCUT2D eigenvalue weighted by molar-refractivity contribution is 5.83. The van der Waals surface area contributed by atoms with Gasteiger partial charge in [0, 0.05) is 18.1 Å². The van der Waals surface area contributed by atoms with Gasteiger partial charge in [-0.1, -0.05) is 12.1 Å². The number of hydrogen-bond acceptors (Lipinski definition) is 3. The van der Waals surface area contributed by atoms with Gasteiger partial charge in [-0.05, 0) is 49.2 Å². The first kappa shape index (κ1) is 14.1. The largest absolute Gasteiger partial charge is 0.399 e. The number of benzene rings is 1. The Morgan fingerprint density at radius 1 is 1.15 bits per heavy atom. The van der Waals surface area contributed by atoms with Crippen LogP contribution in [0.3, 0.4) is 0 Å². The second-order valence-electron chi connectivity index (χ2n) is 4.90. The Balaban J connectivity index is 2.05. The van der Waals surface area contributed by atoms with Crippen molar-refractivity contribution < 1.29 is 4.79 Å². The number of nitrogens with zero attached hydrogens (tertiary/aromatic N) is 1. The van der Waals surface area contributed by atoms with Crippen LogP contribution in [0.4, 0.5) is 5.69 Å². The van der Waals surface area contributed by atoms with Crippen molar-refractivity contribution >= 4 is 11.6 Å². The average Bonchev–Trinajstić information content (AvgIpc) is 2.47. The first-order chi connectivity index (χ1) is 9.58. The van der Waals surface area contributed by atoms with Crippen molar-refractivity contribution in [3.8, 4) is 0 Å². The number of aromatic nitrogens is 1. The van der Waals surface area contributed by atoms with Crippen LogP contribution in [-0.4, -0.2) is 10.9 Å². The summed E-state index contributed by atoms with van der Waals surface area (Å²) in [6.45, 7) is 3.84. The molecule has 2 unspecified atom stereocenters. The third-order valence-corrected chi connectivity index (χ3v) is 3.37. The molecule has 4 nitrogen and oxygen atoms in total. The number of anilines is 1. The van der Waals surface area contributed by atoms with Gasteiger partial charge in [0.05, 0.1) is 12.0 Å². The molecule has 104 valence electrons. The first-order valence-electron chi connectivity index (χ1n) is 6.63. The molecule has 0 aliphatic rings. The highest BCUT2D eigenvalue weighted by Gasteiger charge is 2.17. The standard InChI is InChI=1S/C16H19N3O/c1-11(14-4-3-5-15(17)10-14)16(20)19-12(2)13-6-8-18-9-7-13/h3-12H,17H2,1-2H3,(H,19,20). The molecule has 1 aromatic heterocycles. The maximum absolute atomic E-state index is 12.3. The van der Waals surface area contributed by atoms with Crippen LogP contribution in [0.2, 0.25) is 0 Å². The lowest BCUT2D eigenvalue weighted by atomic mass is 9.99. The van der Waals surface area contributed by atoms with E-state index in [-0.39, 0.29) is 17.9 Å². The summed E-state index contributed by atoms with van der Waals surface area (Å²) in [6, 6.07) is 11.2. The van der Waals surface area contributed by atoms with Gasteiger partial charge >= 0.3 is 0 Å². The van der Waals surface area contributed by atoms with E-state index >= 15 is 0 Å². The van der Waals surface area contributed by atoms with Crippen molar-refractivity contribution in [2.45, 2.75) is 25.8 Å². The Labute approximate surface area is 119 Å². The van der Waals surface area contributed by atoms with Crippen LogP contribution in [0, 0.1) is 0 Å². The van der Waals surface area contributed by atoms with Crippen molar-refractivity contribution in [1.82, 2.24) is 10.3 Å². The van der Waals surface area contributed by atoms with Crippen molar-refractivity contribution in [2.24, 2.45) is 0 Å². The Bertz CT molecular complexity index is 583. The van der Waals surface area contributed by atoms with Gasteiger partial charge in [0.15, 0.2) is 0 Å². The highest BCUT2D eigenvalue weighted by atomic mass is 16.1. The number of rotatable bonds is 4. The lowest BCUT2D eigenvalue weighted by Crippen LogP contribution is -2.30. The maximum Gasteiger partial charge on any atom is 0.227 e. The molecule has 1 amide bonds. The zero-order chi connectivity index (χ0) is 14.5. The zero-order valence-electron chi connectivity index (χ0n) is 11.7. The Morgan fingerprint density at radius 3 is 2.50 bits per heavy atom. The molecule has 0 aliphatic carbocycles. The second kappa shape index (κ2) is 6.19. The summed E-state index contributed by atoms with van der Waals surface area (Å²) >= 11 is 0. The van der Waals surface area contributed by atoms with E-state index in [1.807, 2.05) is 50.2 Å². The smallest absolute Gasteiger partial charge is 0.227 e. The molecule has 0 fully saturated rings. The van der Waals surface area contributed by atoms with Gasteiger partial charge in [0.1, 0.15) is 0 Å². The molecule has 0 saturated carbocycles. The molecule has 0 bridgehead atoms. The van der Waals surface area contributed by atoms with E-state index < -0.39 is 0 Å². The average molecular weight is 269 g/mol. The van der Waals surface area contributed by atoms with Gasteiger partial charge in [-0.3, -0.25) is 9.78 Å². The van der Waals surface area contributed by atoms with Gasteiger partial charge in [-0.25, -0.2) is 0 Å². The summed E-state index contributed by atoms with van der Waals surface area (Å²) < 4.78 is 0. The van der Waals surface area contributed by atoms with E-state index in [0.717, 1.165) is 11.1 Å². The molecule has 2 atom stereocenters. The van der Waals surface area contributed by atoms with Crippen LogP contribution in [-0.2, 0) is 4.79 Å². The summed E-state index contributed by atoms with van der Waals surface area (Å²) in [4.78, 5) is 16.2. The summed E-state index contributed by atoms with van der Waals surface area (Å²) in [5.41, 5.74) is 8.38.